The Morgan fingerprint density at radius 3 is 2.00 bits per heavy atom. The maximum Gasteiger partial charge on any atom is 0.338 e. The summed E-state index contributed by atoms with van der Waals surface area (Å²) in [6, 6.07) is 0. The predicted molar refractivity (Wildman–Crippen MR) is 59.0 cm³/mol. The number of quaternary nitrogens is 1. The van der Waals surface area contributed by atoms with Gasteiger partial charge in [0.15, 0.2) is 0 Å². The lowest BCUT2D eigenvalue weighted by molar-refractivity contribution is -0.870. The highest BCUT2D eigenvalue weighted by atomic mass is 16.4. The molecule has 0 bridgehead atoms. The Bertz CT molecular complexity index is 309. The zero-order chi connectivity index (χ0) is 12.6. The number of carboxylic acids is 1. The van der Waals surface area contributed by atoms with E-state index in [1.165, 1.54) is 18.7 Å². The highest BCUT2D eigenvalue weighted by Gasteiger charge is 2.02. The van der Waals surface area contributed by atoms with Crippen LogP contribution in [-0.4, -0.2) is 64.9 Å². The van der Waals surface area contributed by atoms with Crippen molar-refractivity contribution in [3.05, 3.63) is 24.3 Å². The third kappa shape index (κ3) is 7.84. The summed E-state index contributed by atoms with van der Waals surface area (Å²) in [5, 5.41) is 16.7. The van der Waals surface area contributed by atoms with Crippen molar-refractivity contribution in [3.8, 4) is 0 Å². The van der Waals surface area contributed by atoms with Crippen LogP contribution in [-0.2, 0) is 0 Å². The SMILES string of the molecule is C[N+](C)(C)CCO.O=C(O)c1cncnc1. The fourth-order valence-electron chi connectivity index (χ4n) is 0.710. The summed E-state index contributed by atoms with van der Waals surface area (Å²) in [4.78, 5) is 17.1. The molecule has 0 aliphatic carbocycles. The molecule has 0 saturated heterocycles. The summed E-state index contributed by atoms with van der Waals surface area (Å²) in [6.45, 7) is 1.11. The first-order valence-corrected chi connectivity index (χ1v) is 4.76. The van der Waals surface area contributed by atoms with E-state index in [4.69, 9.17) is 10.2 Å². The summed E-state index contributed by atoms with van der Waals surface area (Å²) in [5.74, 6) is -1.00. The summed E-state index contributed by atoms with van der Waals surface area (Å²) in [5.41, 5.74) is 0.109. The maximum absolute atomic E-state index is 10.1. The van der Waals surface area contributed by atoms with Crippen LogP contribution in [0.5, 0.6) is 0 Å². The number of carbonyl (C=O) groups is 1. The first kappa shape index (κ1) is 14.5. The molecule has 0 aliphatic heterocycles. The van der Waals surface area contributed by atoms with Gasteiger partial charge in [-0.05, 0) is 0 Å². The smallest absolute Gasteiger partial charge is 0.338 e. The number of aromatic carboxylic acids is 1. The van der Waals surface area contributed by atoms with Gasteiger partial charge in [0.25, 0.3) is 0 Å². The number of aliphatic hydroxyl groups excluding tert-OH is 1. The Kier molecular flexibility index (Phi) is 6.21. The summed E-state index contributed by atoms with van der Waals surface area (Å²) < 4.78 is 0.844. The van der Waals surface area contributed by atoms with Crippen LogP contribution in [0.2, 0.25) is 0 Å². The van der Waals surface area contributed by atoms with Crippen LogP contribution in [0.15, 0.2) is 18.7 Å². The number of aliphatic hydroxyl groups is 1. The largest absolute Gasteiger partial charge is 0.478 e. The predicted octanol–water partition coefficient (Wildman–Crippen LogP) is -0.140. The van der Waals surface area contributed by atoms with E-state index in [-0.39, 0.29) is 12.2 Å². The lowest BCUT2D eigenvalue weighted by atomic mass is 10.4. The van der Waals surface area contributed by atoms with Crippen LogP contribution in [0, 0.1) is 0 Å². The quantitative estimate of drug-likeness (QED) is 0.703. The van der Waals surface area contributed by atoms with E-state index in [2.05, 4.69) is 31.1 Å². The fraction of sp³-hybridized carbons (Fsp3) is 0.500. The van der Waals surface area contributed by atoms with E-state index in [0.29, 0.717) is 0 Å². The van der Waals surface area contributed by atoms with Gasteiger partial charge in [0, 0.05) is 12.4 Å². The van der Waals surface area contributed by atoms with E-state index >= 15 is 0 Å². The molecule has 6 heteroatoms. The van der Waals surface area contributed by atoms with Gasteiger partial charge in [0.1, 0.15) is 12.9 Å². The molecule has 0 aromatic carbocycles. The molecule has 0 aliphatic rings. The molecule has 6 nitrogen and oxygen atoms in total. The monoisotopic (exact) mass is 228 g/mol. The molecular formula is C10H18N3O3+. The van der Waals surface area contributed by atoms with Gasteiger partial charge < -0.3 is 14.7 Å². The molecule has 0 fully saturated rings. The Morgan fingerprint density at radius 2 is 1.81 bits per heavy atom. The van der Waals surface area contributed by atoms with Gasteiger partial charge >= 0.3 is 5.97 Å². The highest BCUT2D eigenvalue weighted by Crippen LogP contribution is 1.89. The first-order chi connectivity index (χ1) is 7.37. The van der Waals surface area contributed by atoms with Crippen molar-refractivity contribution < 1.29 is 19.5 Å². The van der Waals surface area contributed by atoms with Crippen molar-refractivity contribution in [1.82, 2.24) is 9.97 Å². The Balaban J connectivity index is 0.000000293. The van der Waals surface area contributed by atoms with E-state index in [1.54, 1.807) is 0 Å². The van der Waals surface area contributed by atoms with Crippen LogP contribution in [0.3, 0.4) is 0 Å². The third-order valence-electron chi connectivity index (χ3n) is 1.58. The van der Waals surface area contributed by atoms with Gasteiger partial charge in [-0.15, -0.1) is 0 Å². The van der Waals surface area contributed by atoms with E-state index in [0.717, 1.165) is 11.0 Å². The van der Waals surface area contributed by atoms with Crippen LogP contribution < -0.4 is 0 Å². The molecule has 0 saturated carbocycles. The molecule has 1 rings (SSSR count). The van der Waals surface area contributed by atoms with Crippen LogP contribution >= 0.6 is 0 Å². The van der Waals surface area contributed by atoms with Gasteiger partial charge in [0.05, 0.1) is 33.3 Å². The van der Waals surface area contributed by atoms with E-state index in [1.807, 2.05) is 0 Å². The molecule has 0 atom stereocenters. The lowest BCUT2D eigenvalue weighted by Gasteiger charge is -2.21. The average molecular weight is 228 g/mol. The zero-order valence-electron chi connectivity index (χ0n) is 9.79. The summed E-state index contributed by atoms with van der Waals surface area (Å²) in [6.07, 6.45) is 3.77. The lowest BCUT2D eigenvalue weighted by Crippen LogP contribution is -2.36. The molecule has 1 aromatic heterocycles. The number of hydrogen-bond acceptors (Lipinski definition) is 4. The van der Waals surface area contributed by atoms with Crippen molar-refractivity contribution in [2.75, 3.05) is 34.3 Å². The van der Waals surface area contributed by atoms with Gasteiger partial charge in [-0.2, -0.15) is 0 Å². The van der Waals surface area contributed by atoms with E-state index < -0.39 is 5.97 Å². The topological polar surface area (TPSA) is 83.3 Å². The van der Waals surface area contributed by atoms with Crippen LogP contribution in [0.4, 0.5) is 0 Å². The zero-order valence-corrected chi connectivity index (χ0v) is 9.79. The Labute approximate surface area is 94.8 Å². The van der Waals surface area contributed by atoms with Crippen molar-refractivity contribution in [1.29, 1.82) is 0 Å². The number of rotatable bonds is 3. The molecule has 0 spiro atoms. The second kappa shape index (κ2) is 6.86. The van der Waals surface area contributed by atoms with Crippen LogP contribution in [0.25, 0.3) is 0 Å². The molecule has 1 heterocycles. The van der Waals surface area contributed by atoms with Gasteiger partial charge in [0.2, 0.25) is 0 Å². The van der Waals surface area contributed by atoms with Gasteiger partial charge in [-0.25, -0.2) is 14.8 Å². The number of carboxylic acid groups (broad SMARTS) is 1. The molecule has 16 heavy (non-hydrogen) atoms. The highest BCUT2D eigenvalue weighted by molar-refractivity contribution is 5.86. The normalized spacial score (nSPS) is 10.2. The summed E-state index contributed by atoms with van der Waals surface area (Å²) in [7, 11) is 6.16. The second-order valence-corrected chi connectivity index (χ2v) is 4.17. The number of aromatic nitrogens is 2. The Morgan fingerprint density at radius 1 is 1.31 bits per heavy atom. The first-order valence-electron chi connectivity index (χ1n) is 4.76. The Hall–Kier alpha value is -1.53. The number of likely N-dealkylation sites (N-methyl/N-ethyl adjacent to an activating group) is 1. The molecular weight excluding hydrogens is 210 g/mol. The average Bonchev–Trinajstić information content (AvgIpc) is 2.18. The molecule has 2 N–H and O–H groups in total. The van der Waals surface area contributed by atoms with Crippen molar-refractivity contribution in [2.45, 2.75) is 0 Å². The summed E-state index contributed by atoms with van der Waals surface area (Å²) >= 11 is 0. The molecule has 0 radical (unpaired) electrons. The molecule has 90 valence electrons. The molecule has 0 amide bonds. The van der Waals surface area contributed by atoms with Crippen LogP contribution in [0.1, 0.15) is 10.4 Å². The van der Waals surface area contributed by atoms with E-state index in [9.17, 15) is 4.79 Å². The van der Waals surface area contributed by atoms with Gasteiger partial charge in [-0.3, -0.25) is 0 Å². The number of nitrogens with zero attached hydrogens (tertiary/aromatic N) is 3. The minimum absolute atomic E-state index is 0.109. The third-order valence-corrected chi connectivity index (χ3v) is 1.58. The van der Waals surface area contributed by atoms with Crippen molar-refractivity contribution in [3.63, 3.8) is 0 Å². The second-order valence-electron chi connectivity index (χ2n) is 4.17. The minimum Gasteiger partial charge on any atom is -0.478 e. The molecule has 0 unspecified atom stereocenters. The standard InChI is InChI=1S/C5H4N2O2.C5H14NO/c8-5(9)4-1-6-3-7-2-4;1-6(2,3)4-5-7/h1-3H,(H,8,9);7H,4-5H2,1-3H3/q;+1. The fourth-order valence-corrected chi connectivity index (χ4v) is 0.710. The number of hydrogen-bond donors (Lipinski definition) is 2. The molecule has 1 aromatic rings. The minimum atomic E-state index is -1.00. The van der Waals surface area contributed by atoms with Crippen molar-refractivity contribution >= 4 is 5.97 Å². The maximum atomic E-state index is 10.1. The van der Waals surface area contributed by atoms with Gasteiger partial charge in [-0.1, -0.05) is 0 Å². The van der Waals surface area contributed by atoms with Crippen molar-refractivity contribution in [2.24, 2.45) is 0 Å².